The number of hydrogen-bond acceptors (Lipinski definition) is 3. The van der Waals surface area contributed by atoms with Crippen molar-refractivity contribution >= 4 is 11.8 Å². The molecule has 0 saturated carbocycles. The zero-order chi connectivity index (χ0) is 12.3. The van der Waals surface area contributed by atoms with Gasteiger partial charge in [0.2, 0.25) is 0 Å². The zero-order valence-corrected chi connectivity index (χ0v) is 10.6. The molecule has 0 aromatic carbocycles. The van der Waals surface area contributed by atoms with Gasteiger partial charge in [-0.2, -0.15) is 0 Å². The van der Waals surface area contributed by atoms with Gasteiger partial charge in [0.05, 0.1) is 6.61 Å². The van der Waals surface area contributed by atoms with Gasteiger partial charge in [0.1, 0.15) is 11.2 Å². The molecule has 0 unspecified atom stereocenters. The maximum absolute atomic E-state index is 11.9. The standard InChI is InChI=1S/C12H22O3/c1-7-15-10(14)12(5,6)9(13)8-11(2,3)4/h7-8H2,1-6H3. The number of carbonyl (C=O) groups is 2. The number of esters is 1. The Morgan fingerprint density at radius 2 is 1.53 bits per heavy atom. The van der Waals surface area contributed by atoms with E-state index in [0.29, 0.717) is 13.0 Å². The summed E-state index contributed by atoms with van der Waals surface area (Å²) in [6, 6.07) is 0. The number of carbonyl (C=O) groups excluding carboxylic acids is 2. The van der Waals surface area contributed by atoms with Crippen LogP contribution in [0.25, 0.3) is 0 Å². The van der Waals surface area contributed by atoms with E-state index in [1.807, 2.05) is 20.8 Å². The van der Waals surface area contributed by atoms with Crippen molar-refractivity contribution < 1.29 is 14.3 Å². The van der Waals surface area contributed by atoms with Crippen LogP contribution in [0.3, 0.4) is 0 Å². The molecular weight excluding hydrogens is 192 g/mol. The van der Waals surface area contributed by atoms with Crippen LogP contribution in [0.5, 0.6) is 0 Å². The predicted molar refractivity (Wildman–Crippen MR) is 59.5 cm³/mol. The summed E-state index contributed by atoms with van der Waals surface area (Å²) in [4.78, 5) is 23.4. The summed E-state index contributed by atoms with van der Waals surface area (Å²) in [6.07, 6.45) is 0.388. The molecule has 0 spiro atoms. The predicted octanol–water partition coefficient (Wildman–Crippen LogP) is 2.58. The molecule has 0 aliphatic heterocycles. The monoisotopic (exact) mass is 214 g/mol. The number of ketones is 1. The first-order valence-electron chi connectivity index (χ1n) is 5.32. The fourth-order valence-electron chi connectivity index (χ4n) is 1.13. The molecule has 0 N–H and O–H groups in total. The first kappa shape index (κ1) is 14.1. The van der Waals surface area contributed by atoms with Crippen LogP contribution in [0.15, 0.2) is 0 Å². The molecule has 0 heterocycles. The van der Waals surface area contributed by atoms with Gasteiger partial charge in [-0.25, -0.2) is 0 Å². The van der Waals surface area contributed by atoms with Crippen molar-refractivity contribution in [2.75, 3.05) is 6.61 Å². The van der Waals surface area contributed by atoms with Crippen molar-refractivity contribution in [3.8, 4) is 0 Å². The third-order valence-corrected chi connectivity index (χ3v) is 2.17. The van der Waals surface area contributed by atoms with Crippen LogP contribution < -0.4 is 0 Å². The highest BCUT2D eigenvalue weighted by atomic mass is 16.5. The van der Waals surface area contributed by atoms with Crippen LogP contribution in [0, 0.1) is 10.8 Å². The van der Waals surface area contributed by atoms with Gasteiger partial charge in [-0.15, -0.1) is 0 Å². The molecule has 0 radical (unpaired) electrons. The first-order chi connectivity index (χ1) is 6.61. The molecule has 15 heavy (non-hydrogen) atoms. The Morgan fingerprint density at radius 1 is 1.07 bits per heavy atom. The Labute approximate surface area is 92.2 Å². The van der Waals surface area contributed by atoms with Gasteiger partial charge in [0, 0.05) is 6.42 Å². The summed E-state index contributed by atoms with van der Waals surface area (Å²) in [5.74, 6) is -0.493. The van der Waals surface area contributed by atoms with E-state index in [9.17, 15) is 9.59 Å². The highest BCUT2D eigenvalue weighted by Crippen LogP contribution is 2.28. The number of hydrogen-bond donors (Lipinski definition) is 0. The summed E-state index contributed by atoms with van der Waals surface area (Å²) < 4.78 is 4.88. The molecule has 0 aromatic rings. The van der Waals surface area contributed by atoms with E-state index in [2.05, 4.69) is 0 Å². The maximum atomic E-state index is 11.9. The van der Waals surface area contributed by atoms with E-state index in [0.717, 1.165) is 0 Å². The van der Waals surface area contributed by atoms with Gasteiger partial charge in [-0.05, 0) is 26.2 Å². The lowest BCUT2D eigenvalue weighted by molar-refractivity contribution is -0.158. The lowest BCUT2D eigenvalue weighted by Gasteiger charge is -2.25. The molecule has 0 rings (SSSR count). The Kier molecular flexibility index (Phi) is 4.50. The third kappa shape index (κ3) is 4.45. The quantitative estimate of drug-likeness (QED) is 0.533. The molecule has 88 valence electrons. The molecule has 3 heteroatoms. The third-order valence-electron chi connectivity index (χ3n) is 2.17. The van der Waals surface area contributed by atoms with Crippen LogP contribution in [0.2, 0.25) is 0 Å². The van der Waals surface area contributed by atoms with E-state index in [-0.39, 0.29) is 11.2 Å². The number of rotatable bonds is 4. The van der Waals surface area contributed by atoms with Gasteiger partial charge >= 0.3 is 5.97 Å². The number of Topliss-reactive ketones (excluding diaryl/α,β-unsaturated/α-hetero) is 1. The summed E-state index contributed by atoms with van der Waals surface area (Å²) in [7, 11) is 0. The normalized spacial score (nSPS) is 12.4. The first-order valence-corrected chi connectivity index (χ1v) is 5.32. The molecule has 0 aromatic heterocycles. The Bertz CT molecular complexity index is 246. The second kappa shape index (κ2) is 4.77. The van der Waals surface area contributed by atoms with Crippen molar-refractivity contribution in [1.82, 2.24) is 0 Å². The van der Waals surface area contributed by atoms with Crippen molar-refractivity contribution in [1.29, 1.82) is 0 Å². The fraction of sp³-hybridized carbons (Fsp3) is 0.833. The molecule has 3 nitrogen and oxygen atoms in total. The van der Waals surface area contributed by atoms with Crippen molar-refractivity contribution in [2.24, 2.45) is 10.8 Å². The van der Waals surface area contributed by atoms with Crippen LogP contribution >= 0.6 is 0 Å². The van der Waals surface area contributed by atoms with Crippen molar-refractivity contribution in [3.05, 3.63) is 0 Å². The molecule has 0 aliphatic rings. The topological polar surface area (TPSA) is 43.4 Å². The number of ether oxygens (including phenoxy) is 1. The molecule has 0 atom stereocenters. The molecule has 0 bridgehead atoms. The lowest BCUT2D eigenvalue weighted by atomic mass is 9.79. The largest absolute Gasteiger partial charge is 0.465 e. The van der Waals surface area contributed by atoms with Crippen molar-refractivity contribution in [2.45, 2.75) is 48.0 Å². The SMILES string of the molecule is CCOC(=O)C(C)(C)C(=O)CC(C)(C)C. The summed E-state index contributed by atoms with van der Waals surface area (Å²) in [6.45, 7) is 11.2. The molecule has 0 saturated heterocycles. The average Bonchev–Trinajstić information content (AvgIpc) is 2.01. The highest BCUT2D eigenvalue weighted by Gasteiger charge is 2.38. The van der Waals surface area contributed by atoms with Gasteiger partial charge in [-0.1, -0.05) is 20.8 Å². The second-order valence-corrected chi connectivity index (χ2v) is 5.51. The Balaban J connectivity index is 4.59. The van der Waals surface area contributed by atoms with Gasteiger partial charge in [0.25, 0.3) is 0 Å². The average molecular weight is 214 g/mol. The minimum Gasteiger partial charge on any atom is -0.465 e. The van der Waals surface area contributed by atoms with Crippen LogP contribution in [-0.4, -0.2) is 18.4 Å². The van der Waals surface area contributed by atoms with E-state index in [4.69, 9.17) is 4.74 Å². The molecule has 0 aliphatic carbocycles. The minimum absolute atomic E-state index is 0.0616. The Morgan fingerprint density at radius 3 is 1.87 bits per heavy atom. The second-order valence-electron chi connectivity index (χ2n) is 5.51. The van der Waals surface area contributed by atoms with Crippen LogP contribution in [0.1, 0.15) is 48.0 Å². The summed E-state index contributed by atoms with van der Waals surface area (Å²) in [5, 5.41) is 0. The molecular formula is C12H22O3. The van der Waals surface area contributed by atoms with Crippen LogP contribution in [0.4, 0.5) is 0 Å². The van der Waals surface area contributed by atoms with E-state index < -0.39 is 11.4 Å². The maximum Gasteiger partial charge on any atom is 0.319 e. The minimum atomic E-state index is -1.02. The van der Waals surface area contributed by atoms with Gasteiger partial charge in [0.15, 0.2) is 0 Å². The van der Waals surface area contributed by atoms with Crippen molar-refractivity contribution in [3.63, 3.8) is 0 Å². The van der Waals surface area contributed by atoms with Gasteiger partial charge < -0.3 is 4.74 Å². The van der Waals surface area contributed by atoms with E-state index in [1.54, 1.807) is 20.8 Å². The summed E-state index contributed by atoms with van der Waals surface area (Å²) in [5.41, 5.74) is -1.12. The zero-order valence-electron chi connectivity index (χ0n) is 10.6. The van der Waals surface area contributed by atoms with Crippen LogP contribution in [-0.2, 0) is 14.3 Å². The highest BCUT2D eigenvalue weighted by molar-refractivity contribution is 6.03. The van der Waals surface area contributed by atoms with E-state index >= 15 is 0 Å². The smallest absolute Gasteiger partial charge is 0.319 e. The molecule has 0 fully saturated rings. The van der Waals surface area contributed by atoms with Gasteiger partial charge in [-0.3, -0.25) is 9.59 Å². The Hall–Kier alpha value is -0.860. The lowest BCUT2D eigenvalue weighted by Crippen LogP contribution is -2.37. The summed E-state index contributed by atoms with van der Waals surface area (Å²) >= 11 is 0. The van der Waals surface area contributed by atoms with E-state index in [1.165, 1.54) is 0 Å². The molecule has 0 amide bonds. The fourth-order valence-corrected chi connectivity index (χ4v) is 1.13.